The Bertz CT molecular complexity index is 408. The largest absolute Gasteiger partial charge is 0.573 e. The van der Waals surface area contributed by atoms with Crippen LogP contribution in [0.2, 0.25) is 0 Å². The van der Waals surface area contributed by atoms with E-state index >= 15 is 0 Å². The van der Waals surface area contributed by atoms with Gasteiger partial charge >= 0.3 is 6.36 Å². The molecule has 1 aromatic rings. The van der Waals surface area contributed by atoms with Gasteiger partial charge in [-0.3, -0.25) is 4.98 Å². The van der Waals surface area contributed by atoms with Crippen molar-refractivity contribution in [1.82, 2.24) is 4.98 Å². The van der Waals surface area contributed by atoms with E-state index in [-0.39, 0.29) is 0 Å². The van der Waals surface area contributed by atoms with E-state index in [1.807, 2.05) is 0 Å². The number of pyridine rings is 1. The predicted octanol–water partition coefficient (Wildman–Crippen LogP) is 2.08. The van der Waals surface area contributed by atoms with Crippen LogP contribution in [0.15, 0.2) is 6.20 Å². The molecule has 17 heavy (non-hydrogen) atoms. The van der Waals surface area contributed by atoms with E-state index in [1.54, 1.807) is 0 Å². The molecule has 0 fully saturated rings. The van der Waals surface area contributed by atoms with Crippen molar-refractivity contribution in [3.63, 3.8) is 0 Å². The lowest BCUT2D eigenvalue weighted by Crippen LogP contribution is -2.20. The molecular formula is C8H7F5N2O2. The van der Waals surface area contributed by atoms with E-state index in [4.69, 9.17) is 10.8 Å². The molecule has 0 saturated carbocycles. The van der Waals surface area contributed by atoms with Crippen molar-refractivity contribution in [2.45, 2.75) is 19.3 Å². The number of hydrogen-bond acceptors (Lipinski definition) is 4. The fraction of sp³-hybridized carbons (Fsp3) is 0.375. The average Bonchev–Trinajstić information content (AvgIpc) is 2.15. The molecule has 1 heterocycles. The Morgan fingerprint density at radius 1 is 1.41 bits per heavy atom. The number of rotatable bonds is 3. The topological polar surface area (TPSA) is 68.4 Å². The van der Waals surface area contributed by atoms with Crippen LogP contribution < -0.4 is 10.5 Å². The van der Waals surface area contributed by atoms with Gasteiger partial charge in [-0.2, -0.15) is 0 Å². The monoisotopic (exact) mass is 258 g/mol. The second-order valence-corrected chi connectivity index (χ2v) is 2.89. The maximum atomic E-state index is 12.5. The summed E-state index contributed by atoms with van der Waals surface area (Å²) in [7, 11) is 0. The number of nitrogens with two attached hydrogens (primary N) is 1. The lowest BCUT2D eigenvalue weighted by Gasteiger charge is -2.16. The molecule has 0 aliphatic rings. The quantitative estimate of drug-likeness (QED) is 0.814. The number of nitrogens with zero attached hydrogens (tertiary/aromatic N) is 1. The van der Waals surface area contributed by atoms with E-state index in [1.165, 1.54) is 0 Å². The van der Waals surface area contributed by atoms with Gasteiger partial charge in [-0.15, -0.1) is 13.2 Å². The van der Waals surface area contributed by atoms with Crippen LogP contribution in [-0.2, 0) is 6.54 Å². The third-order valence-corrected chi connectivity index (χ3v) is 1.75. The standard InChI is InChI=1S/C8H7F5N2O2/c9-7(10)5-4(16)2-15-3(1-14)6(5)17-8(11,12)13/h2,7,16H,1,14H2. The van der Waals surface area contributed by atoms with E-state index < -0.39 is 42.1 Å². The number of halogens is 5. The summed E-state index contributed by atoms with van der Waals surface area (Å²) in [6, 6.07) is 0. The van der Waals surface area contributed by atoms with Gasteiger partial charge in [-0.1, -0.05) is 0 Å². The molecule has 4 nitrogen and oxygen atoms in total. The van der Waals surface area contributed by atoms with Crippen LogP contribution in [-0.4, -0.2) is 16.5 Å². The van der Waals surface area contributed by atoms with E-state index in [0.717, 1.165) is 0 Å². The van der Waals surface area contributed by atoms with Crippen molar-refractivity contribution in [3.05, 3.63) is 17.5 Å². The third kappa shape index (κ3) is 3.16. The maximum Gasteiger partial charge on any atom is 0.573 e. The van der Waals surface area contributed by atoms with Gasteiger partial charge in [-0.05, 0) is 0 Å². The second kappa shape index (κ2) is 4.70. The average molecular weight is 258 g/mol. The van der Waals surface area contributed by atoms with Crippen molar-refractivity contribution >= 4 is 0 Å². The van der Waals surface area contributed by atoms with Crippen molar-refractivity contribution in [2.75, 3.05) is 0 Å². The van der Waals surface area contributed by atoms with Crippen LogP contribution in [0.5, 0.6) is 11.5 Å². The summed E-state index contributed by atoms with van der Waals surface area (Å²) in [6.45, 7) is -0.536. The highest BCUT2D eigenvalue weighted by atomic mass is 19.4. The predicted molar refractivity (Wildman–Crippen MR) is 45.4 cm³/mol. The zero-order chi connectivity index (χ0) is 13.2. The lowest BCUT2D eigenvalue weighted by molar-refractivity contribution is -0.275. The lowest BCUT2D eigenvalue weighted by atomic mass is 10.2. The first-order valence-corrected chi connectivity index (χ1v) is 4.21. The van der Waals surface area contributed by atoms with Crippen LogP contribution in [0.3, 0.4) is 0 Å². The molecule has 1 rings (SSSR count). The summed E-state index contributed by atoms with van der Waals surface area (Å²) in [5, 5.41) is 9.05. The number of aromatic hydroxyl groups is 1. The van der Waals surface area contributed by atoms with Crippen LogP contribution in [0.25, 0.3) is 0 Å². The van der Waals surface area contributed by atoms with E-state index in [2.05, 4.69) is 9.72 Å². The second-order valence-electron chi connectivity index (χ2n) is 2.89. The molecule has 0 saturated heterocycles. The number of aromatic nitrogens is 1. The van der Waals surface area contributed by atoms with Gasteiger partial charge in [0, 0.05) is 6.54 Å². The van der Waals surface area contributed by atoms with Gasteiger partial charge < -0.3 is 15.6 Å². The molecule has 0 aromatic carbocycles. The van der Waals surface area contributed by atoms with E-state index in [9.17, 15) is 22.0 Å². The molecule has 0 bridgehead atoms. The summed E-state index contributed by atoms with van der Waals surface area (Å²) in [5.41, 5.74) is 3.25. The first-order chi connectivity index (χ1) is 7.76. The Morgan fingerprint density at radius 2 is 2.00 bits per heavy atom. The number of alkyl halides is 5. The van der Waals surface area contributed by atoms with E-state index in [0.29, 0.717) is 6.20 Å². The van der Waals surface area contributed by atoms with Crippen molar-refractivity contribution in [2.24, 2.45) is 5.73 Å². The fourth-order valence-corrected chi connectivity index (χ4v) is 1.12. The molecule has 0 aliphatic heterocycles. The Labute approximate surface area is 91.8 Å². The first-order valence-electron chi connectivity index (χ1n) is 4.21. The van der Waals surface area contributed by atoms with Crippen molar-refractivity contribution < 1.29 is 31.8 Å². The summed E-state index contributed by atoms with van der Waals surface area (Å²) in [4.78, 5) is 3.29. The highest BCUT2D eigenvalue weighted by Crippen LogP contribution is 2.39. The smallest absolute Gasteiger partial charge is 0.506 e. The van der Waals surface area contributed by atoms with Gasteiger partial charge in [0.25, 0.3) is 6.43 Å². The Kier molecular flexibility index (Phi) is 3.71. The molecule has 0 atom stereocenters. The Balaban J connectivity index is 3.35. The molecule has 1 aromatic heterocycles. The Morgan fingerprint density at radius 3 is 2.41 bits per heavy atom. The van der Waals surface area contributed by atoms with Gasteiger partial charge in [-0.25, -0.2) is 8.78 Å². The zero-order valence-corrected chi connectivity index (χ0v) is 8.13. The van der Waals surface area contributed by atoms with Gasteiger partial charge in [0.05, 0.1) is 11.9 Å². The highest BCUT2D eigenvalue weighted by molar-refractivity contribution is 5.46. The van der Waals surface area contributed by atoms with Crippen molar-refractivity contribution in [3.8, 4) is 11.5 Å². The van der Waals surface area contributed by atoms with Crippen LogP contribution in [0.1, 0.15) is 17.7 Å². The van der Waals surface area contributed by atoms with Gasteiger partial charge in [0.1, 0.15) is 11.3 Å². The minimum atomic E-state index is -5.18. The molecule has 0 spiro atoms. The minimum Gasteiger partial charge on any atom is -0.506 e. The maximum absolute atomic E-state index is 12.5. The van der Waals surface area contributed by atoms with Crippen molar-refractivity contribution in [1.29, 1.82) is 0 Å². The molecule has 0 radical (unpaired) electrons. The molecule has 9 heteroatoms. The summed E-state index contributed by atoms with van der Waals surface area (Å²) in [5.74, 6) is -2.34. The molecule has 96 valence electrons. The third-order valence-electron chi connectivity index (χ3n) is 1.75. The highest BCUT2D eigenvalue weighted by Gasteiger charge is 2.36. The van der Waals surface area contributed by atoms with Gasteiger partial charge in [0.2, 0.25) is 0 Å². The SMILES string of the molecule is NCc1ncc(O)c(C(F)F)c1OC(F)(F)F. The molecule has 3 N–H and O–H groups in total. The normalized spacial score (nSPS) is 11.9. The van der Waals surface area contributed by atoms with Gasteiger partial charge in [0.15, 0.2) is 5.75 Å². The molecule has 0 aliphatic carbocycles. The first kappa shape index (κ1) is 13.4. The van der Waals surface area contributed by atoms with Crippen LogP contribution in [0, 0.1) is 0 Å². The number of hydrogen-bond donors (Lipinski definition) is 2. The molecule has 0 amide bonds. The molecular weight excluding hydrogens is 251 g/mol. The Hall–Kier alpha value is -1.64. The zero-order valence-electron chi connectivity index (χ0n) is 8.13. The fourth-order valence-electron chi connectivity index (χ4n) is 1.12. The minimum absolute atomic E-state index is 0.518. The van der Waals surface area contributed by atoms with Crippen LogP contribution in [0.4, 0.5) is 22.0 Å². The van der Waals surface area contributed by atoms with Crippen LogP contribution >= 0.6 is 0 Å². The summed E-state index contributed by atoms with van der Waals surface area (Å²) in [6.07, 6.45) is -7.93. The molecule has 0 unspecified atom stereocenters. The summed E-state index contributed by atoms with van der Waals surface area (Å²) < 4.78 is 64.5. The number of ether oxygens (including phenoxy) is 1. The summed E-state index contributed by atoms with van der Waals surface area (Å²) >= 11 is 0.